The van der Waals surface area contributed by atoms with Gasteiger partial charge in [-0.05, 0) is 62.2 Å². The van der Waals surface area contributed by atoms with Gasteiger partial charge in [0.2, 0.25) is 10.0 Å². The van der Waals surface area contributed by atoms with E-state index in [1.807, 2.05) is 0 Å². The summed E-state index contributed by atoms with van der Waals surface area (Å²) >= 11 is 0. The average molecular weight is 416 g/mol. The highest BCUT2D eigenvalue weighted by molar-refractivity contribution is 7.89. The van der Waals surface area contributed by atoms with E-state index in [1.54, 1.807) is 42.8 Å². The Morgan fingerprint density at radius 3 is 2.31 bits per heavy atom. The summed E-state index contributed by atoms with van der Waals surface area (Å²) in [4.78, 5) is 12.7. The second kappa shape index (κ2) is 8.14. The Balaban J connectivity index is 1.67. The van der Waals surface area contributed by atoms with Gasteiger partial charge in [-0.3, -0.25) is 4.79 Å². The maximum Gasteiger partial charge on any atom is 0.255 e. The van der Waals surface area contributed by atoms with Gasteiger partial charge in [0.1, 0.15) is 5.82 Å². The standard InChI is InChI=1S/C20H21FN4O3S/c1-13-19(14(2)25(24-13)17-7-5-16(21)6-8-17)20(26)23-12-11-15-3-9-18(10-4-15)29(22,27)28/h3-10H,11-12H2,1-2H3,(H,23,26)(H2,22,27,28). The quantitative estimate of drug-likeness (QED) is 0.643. The average Bonchev–Trinajstić information content (AvgIpc) is 2.96. The Bertz CT molecular complexity index is 1140. The van der Waals surface area contributed by atoms with Crippen LogP contribution in [0.2, 0.25) is 0 Å². The lowest BCUT2D eigenvalue weighted by Gasteiger charge is -2.07. The number of aromatic nitrogens is 2. The van der Waals surface area contributed by atoms with E-state index >= 15 is 0 Å². The number of primary sulfonamides is 1. The van der Waals surface area contributed by atoms with E-state index in [1.165, 1.54) is 24.3 Å². The number of hydrogen-bond donors (Lipinski definition) is 2. The van der Waals surface area contributed by atoms with Crippen molar-refractivity contribution in [3.63, 3.8) is 0 Å². The first kappa shape index (κ1) is 20.7. The molecule has 3 rings (SSSR count). The molecule has 0 radical (unpaired) electrons. The third-order valence-corrected chi connectivity index (χ3v) is 5.47. The number of benzene rings is 2. The van der Waals surface area contributed by atoms with Crippen LogP contribution in [0.25, 0.3) is 5.69 Å². The summed E-state index contributed by atoms with van der Waals surface area (Å²) in [6.45, 7) is 3.90. The molecule has 1 aromatic heterocycles. The zero-order valence-electron chi connectivity index (χ0n) is 16.0. The van der Waals surface area contributed by atoms with Gasteiger partial charge >= 0.3 is 0 Å². The highest BCUT2D eigenvalue weighted by Crippen LogP contribution is 2.18. The minimum atomic E-state index is -3.72. The van der Waals surface area contributed by atoms with Crippen molar-refractivity contribution in [1.29, 1.82) is 0 Å². The van der Waals surface area contributed by atoms with E-state index in [9.17, 15) is 17.6 Å². The molecule has 152 valence electrons. The molecule has 0 atom stereocenters. The Morgan fingerprint density at radius 1 is 1.10 bits per heavy atom. The normalized spacial score (nSPS) is 11.4. The van der Waals surface area contributed by atoms with Crippen LogP contribution in [-0.4, -0.2) is 30.7 Å². The molecule has 0 spiro atoms. The zero-order chi connectivity index (χ0) is 21.2. The molecule has 0 fully saturated rings. The Morgan fingerprint density at radius 2 is 1.72 bits per heavy atom. The van der Waals surface area contributed by atoms with Crippen molar-refractivity contribution in [2.75, 3.05) is 6.54 Å². The van der Waals surface area contributed by atoms with E-state index in [-0.39, 0.29) is 16.6 Å². The van der Waals surface area contributed by atoms with Crippen LogP contribution in [0.4, 0.5) is 4.39 Å². The molecule has 3 aromatic rings. The van der Waals surface area contributed by atoms with Crippen LogP contribution in [0.15, 0.2) is 53.4 Å². The molecule has 0 aliphatic carbocycles. The highest BCUT2D eigenvalue weighted by Gasteiger charge is 2.19. The van der Waals surface area contributed by atoms with Gasteiger partial charge in [0, 0.05) is 6.54 Å². The van der Waals surface area contributed by atoms with Crippen LogP contribution in [-0.2, 0) is 16.4 Å². The number of amides is 1. The number of rotatable bonds is 6. The van der Waals surface area contributed by atoms with E-state index in [0.717, 1.165) is 5.56 Å². The summed E-state index contributed by atoms with van der Waals surface area (Å²) in [6, 6.07) is 12.1. The van der Waals surface area contributed by atoms with Crippen molar-refractivity contribution in [2.24, 2.45) is 5.14 Å². The molecule has 0 aliphatic rings. The lowest BCUT2D eigenvalue weighted by molar-refractivity contribution is 0.0953. The first-order valence-corrected chi connectivity index (χ1v) is 10.4. The number of carbonyl (C=O) groups excluding carboxylic acids is 1. The number of aryl methyl sites for hydroxylation is 1. The van der Waals surface area contributed by atoms with Crippen LogP contribution < -0.4 is 10.5 Å². The molecule has 0 aliphatic heterocycles. The summed E-state index contributed by atoms with van der Waals surface area (Å²) in [6.07, 6.45) is 0.529. The van der Waals surface area contributed by atoms with Gasteiger partial charge in [0.25, 0.3) is 5.91 Å². The number of nitrogens with two attached hydrogens (primary N) is 1. The van der Waals surface area contributed by atoms with E-state index in [4.69, 9.17) is 5.14 Å². The molecule has 0 unspecified atom stereocenters. The first-order valence-electron chi connectivity index (χ1n) is 8.89. The summed E-state index contributed by atoms with van der Waals surface area (Å²) in [7, 11) is -3.72. The smallest absolute Gasteiger partial charge is 0.255 e. The fourth-order valence-electron chi connectivity index (χ4n) is 3.06. The fraction of sp³-hybridized carbons (Fsp3) is 0.200. The van der Waals surface area contributed by atoms with Gasteiger partial charge < -0.3 is 5.32 Å². The predicted octanol–water partition coefficient (Wildman–Crippen LogP) is 2.25. The van der Waals surface area contributed by atoms with Gasteiger partial charge in [-0.25, -0.2) is 22.6 Å². The van der Waals surface area contributed by atoms with Gasteiger partial charge in [0.05, 0.1) is 27.5 Å². The molecule has 7 nitrogen and oxygen atoms in total. The van der Waals surface area contributed by atoms with Crippen LogP contribution in [0.3, 0.4) is 0 Å². The van der Waals surface area contributed by atoms with Crippen LogP contribution >= 0.6 is 0 Å². The number of carbonyl (C=O) groups is 1. The molecular weight excluding hydrogens is 395 g/mol. The van der Waals surface area contributed by atoms with Crippen molar-refractivity contribution in [1.82, 2.24) is 15.1 Å². The molecule has 0 saturated carbocycles. The Kier molecular flexibility index (Phi) is 5.81. The minimum Gasteiger partial charge on any atom is -0.352 e. The number of halogens is 1. The van der Waals surface area contributed by atoms with Crippen LogP contribution in [0.5, 0.6) is 0 Å². The molecule has 2 aromatic carbocycles. The molecule has 9 heteroatoms. The molecular formula is C20H21FN4O3S. The number of nitrogens with one attached hydrogen (secondary N) is 1. The monoisotopic (exact) mass is 416 g/mol. The van der Waals surface area contributed by atoms with Crippen molar-refractivity contribution in [3.05, 3.63) is 76.9 Å². The summed E-state index contributed by atoms with van der Waals surface area (Å²) in [5.74, 6) is -0.597. The second-order valence-electron chi connectivity index (χ2n) is 6.63. The lowest BCUT2D eigenvalue weighted by Crippen LogP contribution is -2.26. The lowest BCUT2D eigenvalue weighted by atomic mass is 10.1. The Labute approximate surface area is 168 Å². The first-order chi connectivity index (χ1) is 13.7. The topological polar surface area (TPSA) is 107 Å². The van der Waals surface area contributed by atoms with Crippen molar-refractivity contribution in [3.8, 4) is 5.69 Å². The van der Waals surface area contributed by atoms with Gasteiger partial charge in [-0.1, -0.05) is 12.1 Å². The highest BCUT2D eigenvalue weighted by atomic mass is 32.2. The third-order valence-electron chi connectivity index (χ3n) is 4.54. The number of sulfonamides is 1. The van der Waals surface area contributed by atoms with E-state index < -0.39 is 10.0 Å². The van der Waals surface area contributed by atoms with Crippen molar-refractivity contribution < 1.29 is 17.6 Å². The fourth-order valence-corrected chi connectivity index (χ4v) is 3.57. The van der Waals surface area contributed by atoms with Crippen LogP contribution in [0, 0.1) is 19.7 Å². The zero-order valence-corrected chi connectivity index (χ0v) is 16.8. The number of nitrogens with zero attached hydrogens (tertiary/aromatic N) is 2. The molecule has 0 saturated heterocycles. The van der Waals surface area contributed by atoms with Crippen molar-refractivity contribution >= 4 is 15.9 Å². The molecule has 1 heterocycles. The van der Waals surface area contributed by atoms with Gasteiger partial charge in [-0.2, -0.15) is 5.10 Å². The molecule has 3 N–H and O–H groups in total. The maximum absolute atomic E-state index is 13.1. The minimum absolute atomic E-state index is 0.0461. The van der Waals surface area contributed by atoms with E-state index in [2.05, 4.69) is 10.4 Å². The Hall–Kier alpha value is -3.04. The van der Waals surface area contributed by atoms with Gasteiger partial charge in [0.15, 0.2) is 0 Å². The summed E-state index contributed by atoms with van der Waals surface area (Å²) in [5.41, 5.74) is 3.24. The summed E-state index contributed by atoms with van der Waals surface area (Å²) in [5, 5.41) is 12.3. The van der Waals surface area contributed by atoms with Gasteiger partial charge in [-0.15, -0.1) is 0 Å². The second-order valence-corrected chi connectivity index (χ2v) is 8.19. The molecule has 1 amide bonds. The van der Waals surface area contributed by atoms with Crippen molar-refractivity contribution in [2.45, 2.75) is 25.2 Å². The maximum atomic E-state index is 13.1. The number of hydrogen-bond acceptors (Lipinski definition) is 4. The molecule has 0 bridgehead atoms. The predicted molar refractivity (Wildman–Crippen MR) is 107 cm³/mol. The van der Waals surface area contributed by atoms with Crippen LogP contribution in [0.1, 0.15) is 27.3 Å². The summed E-state index contributed by atoms with van der Waals surface area (Å²) < 4.78 is 37.3. The largest absolute Gasteiger partial charge is 0.352 e. The molecule has 29 heavy (non-hydrogen) atoms. The third kappa shape index (κ3) is 4.69. The SMILES string of the molecule is Cc1nn(-c2ccc(F)cc2)c(C)c1C(=O)NCCc1ccc(S(N)(=O)=O)cc1. The van der Waals surface area contributed by atoms with E-state index in [0.29, 0.717) is 35.6 Å².